The van der Waals surface area contributed by atoms with E-state index in [1.807, 2.05) is 26.0 Å². The van der Waals surface area contributed by atoms with Gasteiger partial charge in [-0.3, -0.25) is 9.59 Å². The van der Waals surface area contributed by atoms with Crippen LogP contribution in [0.25, 0.3) is 0 Å². The van der Waals surface area contributed by atoms with Crippen molar-refractivity contribution in [1.29, 1.82) is 0 Å². The van der Waals surface area contributed by atoms with Crippen molar-refractivity contribution in [2.24, 2.45) is 5.92 Å². The highest BCUT2D eigenvalue weighted by Gasteiger charge is 2.20. The summed E-state index contributed by atoms with van der Waals surface area (Å²) in [5.41, 5.74) is 0.552. The van der Waals surface area contributed by atoms with Crippen molar-refractivity contribution in [2.75, 3.05) is 13.1 Å². The Morgan fingerprint density at radius 1 is 1.29 bits per heavy atom. The van der Waals surface area contributed by atoms with E-state index >= 15 is 0 Å². The second kappa shape index (κ2) is 8.71. The Morgan fingerprint density at radius 3 is 2.62 bits per heavy atom. The van der Waals surface area contributed by atoms with Gasteiger partial charge in [-0.25, -0.2) is 0 Å². The Hall–Kier alpha value is -2.04. The molecule has 24 heavy (non-hydrogen) atoms. The summed E-state index contributed by atoms with van der Waals surface area (Å²) >= 11 is 0. The van der Waals surface area contributed by atoms with Crippen LogP contribution >= 0.6 is 0 Å². The van der Waals surface area contributed by atoms with E-state index in [0.717, 1.165) is 18.6 Å². The quantitative estimate of drug-likeness (QED) is 0.789. The third-order valence-electron chi connectivity index (χ3n) is 4.15. The first-order valence-corrected chi connectivity index (χ1v) is 8.73. The van der Waals surface area contributed by atoms with E-state index in [-0.39, 0.29) is 30.9 Å². The number of aliphatic carboxylic acids is 1. The molecule has 2 rings (SSSR count). The van der Waals surface area contributed by atoms with Gasteiger partial charge in [-0.05, 0) is 49.8 Å². The van der Waals surface area contributed by atoms with Crippen LogP contribution in [-0.2, 0) is 4.79 Å². The van der Waals surface area contributed by atoms with Gasteiger partial charge in [0.25, 0.3) is 5.91 Å². The fraction of sp³-hybridized carbons (Fsp3) is 0.579. The number of carbonyl (C=O) groups is 2. The van der Waals surface area contributed by atoms with Crippen LogP contribution in [-0.4, -0.2) is 41.1 Å². The molecule has 1 aliphatic rings. The number of amides is 1. The molecule has 0 aromatic heterocycles. The molecule has 5 heteroatoms. The molecule has 1 fully saturated rings. The molecule has 0 bridgehead atoms. The van der Waals surface area contributed by atoms with E-state index in [0.29, 0.717) is 12.1 Å². The van der Waals surface area contributed by atoms with Gasteiger partial charge in [-0.1, -0.05) is 19.9 Å². The monoisotopic (exact) mass is 333 g/mol. The molecule has 1 aliphatic carbocycles. The molecule has 1 saturated carbocycles. The van der Waals surface area contributed by atoms with Gasteiger partial charge in [0.05, 0.1) is 12.5 Å². The van der Waals surface area contributed by atoms with Gasteiger partial charge in [-0.15, -0.1) is 0 Å². The maximum absolute atomic E-state index is 12.8. The molecule has 1 aromatic carbocycles. The molecule has 0 heterocycles. The van der Waals surface area contributed by atoms with Crippen LogP contribution in [0.2, 0.25) is 0 Å². The van der Waals surface area contributed by atoms with E-state index in [4.69, 9.17) is 9.84 Å². The summed E-state index contributed by atoms with van der Waals surface area (Å²) in [6.07, 6.45) is 4.72. The minimum absolute atomic E-state index is 0.0449. The summed E-state index contributed by atoms with van der Waals surface area (Å²) in [4.78, 5) is 25.2. The Bertz CT molecular complexity index is 564. The molecule has 1 amide bonds. The molecule has 0 radical (unpaired) electrons. The molecule has 0 spiro atoms. The molecule has 0 atom stereocenters. The number of hydrogen-bond donors (Lipinski definition) is 1. The van der Waals surface area contributed by atoms with Crippen LogP contribution in [0.5, 0.6) is 5.75 Å². The van der Waals surface area contributed by atoms with Crippen LogP contribution in [0.1, 0.15) is 56.3 Å². The number of nitrogens with zero attached hydrogens (tertiary/aromatic N) is 1. The Labute approximate surface area is 143 Å². The van der Waals surface area contributed by atoms with Gasteiger partial charge < -0.3 is 14.7 Å². The van der Waals surface area contributed by atoms with Crippen LogP contribution in [0.15, 0.2) is 24.3 Å². The number of ether oxygens (including phenoxy) is 1. The van der Waals surface area contributed by atoms with Gasteiger partial charge in [-0.2, -0.15) is 0 Å². The lowest BCUT2D eigenvalue weighted by Gasteiger charge is -2.24. The van der Waals surface area contributed by atoms with Crippen LogP contribution in [0.3, 0.4) is 0 Å². The summed E-state index contributed by atoms with van der Waals surface area (Å²) in [7, 11) is 0. The number of hydrogen-bond acceptors (Lipinski definition) is 3. The highest BCUT2D eigenvalue weighted by molar-refractivity contribution is 5.94. The Morgan fingerprint density at radius 2 is 2.00 bits per heavy atom. The summed E-state index contributed by atoms with van der Waals surface area (Å²) in [6, 6.07) is 7.23. The second-order valence-corrected chi connectivity index (χ2v) is 6.84. The predicted octanol–water partition coefficient (Wildman–Crippen LogP) is 3.58. The molecule has 0 saturated heterocycles. The number of carboxylic acid groups (broad SMARTS) is 1. The Kier molecular flexibility index (Phi) is 6.64. The maximum atomic E-state index is 12.8. The highest BCUT2D eigenvalue weighted by atomic mass is 16.5. The molecule has 0 aliphatic heterocycles. The fourth-order valence-corrected chi connectivity index (χ4v) is 3.03. The third kappa shape index (κ3) is 5.55. The lowest BCUT2D eigenvalue weighted by atomic mass is 10.1. The van der Waals surface area contributed by atoms with E-state index in [9.17, 15) is 9.59 Å². The molecule has 1 aromatic rings. The first kappa shape index (κ1) is 18.3. The van der Waals surface area contributed by atoms with Gasteiger partial charge in [0, 0.05) is 18.7 Å². The minimum atomic E-state index is -0.894. The largest absolute Gasteiger partial charge is 0.490 e. The van der Waals surface area contributed by atoms with E-state index < -0.39 is 5.97 Å². The third-order valence-corrected chi connectivity index (χ3v) is 4.15. The zero-order valence-corrected chi connectivity index (χ0v) is 14.5. The van der Waals surface area contributed by atoms with Crippen molar-refractivity contribution in [3.05, 3.63) is 29.8 Å². The van der Waals surface area contributed by atoms with Crippen molar-refractivity contribution >= 4 is 11.9 Å². The standard InChI is InChI=1S/C19H27NO4/c1-14(2)13-20(11-10-18(21)22)19(23)15-6-5-9-17(12-15)24-16-7-3-4-8-16/h5-6,9,12,14,16H,3-4,7-8,10-11,13H2,1-2H3,(H,21,22). The van der Waals surface area contributed by atoms with Gasteiger partial charge in [0.15, 0.2) is 0 Å². The number of carboxylic acids is 1. The van der Waals surface area contributed by atoms with Gasteiger partial charge in [0.1, 0.15) is 5.75 Å². The molecule has 5 nitrogen and oxygen atoms in total. The van der Waals surface area contributed by atoms with Crippen molar-refractivity contribution in [3.8, 4) is 5.75 Å². The number of rotatable bonds is 8. The molecular weight excluding hydrogens is 306 g/mol. The lowest BCUT2D eigenvalue weighted by molar-refractivity contribution is -0.137. The zero-order chi connectivity index (χ0) is 17.5. The summed E-state index contributed by atoms with van der Waals surface area (Å²) in [6.45, 7) is 4.79. The van der Waals surface area contributed by atoms with Crippen LogP contribution in [0, 0.1) is 5.92 Å². The van der Waals surface area contributed by atoms with Crippen molar-refractivity contribution < 1.29 is 19.4 Å². The zero-order valence-electron chi connectivity index (χ0n) is 14.5. The SMILES string of the molecule is CC(C)CN(CCC(=O)O)C(=O)c1cccc(OC2CCCC2)c1. The molecule has 132 valence electrons. The van der Waals surface area contributed by atoms with Gasteiger partial charge >= 0.3 is 5.97 Å². The average Bonchev–Trinajstić information content (AvgIpc) is 3.03. The maximum Gasteiger partial charge on any atom is 0.305 e. The topological polar surface area (TPSA) is 66.8 Å². The number of benzene rings is 1. The second-order valence-electron chi connectivity index (χ2n) is 6.84. The average molecular weight is 333 g/mol. The minimum Gasteiger partial charge on any atom is -0.490 e. The summed E-state index contributed by atoms with van der Waals surface area (Å²) < 4.78 is 5.96. The predicted molar refractivity (Wildman–Crippen MR) is 92.3 cm³/mol. The summed E-state index contributed by atoms with van der Waals surface area (Å²) in [5, 5.41) is 8.89. The van der Waals surface area contributed by atoms with Crippen molar-refractivity contribution in [1.82, 2.24) is 4.90 Å². The normalized spacial score (nSPS) is 14.8. The van der Waals surface area contributed by atoms with Gasteiger partial charge in [0.2, 0.25) is 0 Å². The first-order valence-electron chi connectivity index (χ1n) is 8.73. The number of carbonyl (C=O) groups excluding carboxylic acids is 1. The summed E-state index contributed by atoms with van der Waals surface area (Å²) in [5.74, 6) is -0.0344. The van der Waals surface area contributed by atoms with Crippen molar-refractivity contribution in [3.63, 3.8) is 0 Å². The highest BCUT2D eigenvalue weighted by Crippen LogP contribution is 2.25. The lowest BCUT2D eigenvalue weighted by Crippen LogP contribution is -2.36. The van der Waals surface area contributed by atoms with E-state index in [1.165, 1.54) is 12.8 Å². The molecular formula is C19H27NO4. The van der Waals surface area contributed by atoms with E-state index in [2.05, 4.69) is 0 Å². The fourth-order valence-electron chi connectivity index (χ4n) is 3.03. The molecule has 1 N–H and O–H groups in total. The first-order chi connectivity index (χ1) is 11.5. The van der Waals surface area contributed by atoms with Crippen LogP contribution in [0.4, 0.5) is 0 Å². The Balaban J connectivity index is 2.07. The van der Waals surface area contributed by atoms with Crippen molar-refractivity contribution in [2.45, 2.75) is 52.1 Å². The smallest absolute Gasteiger partial charge is 0.305 e. The van der Waals surface area contributed by atoms with Crippen LogP contribution < -0.4 is 4.74 Å². The molecule has 0 unspecified atom stereocenters. The van der Waals surface area contributed by atoms with E-state index in [1.54, 1.807) is 17.0 Å².